The maximum absolute atomic E-state index is 14.8. The number of quaternary nitrogens is 1. The van der Waals surface area contributed by atoms with Gasteiger partial charge in [0.2, 0.25) is 5.91 Å². The molecule has 3 aliphatic heterocycles. The van der Waals surface area contributed by atoms with Crippen molar-refractivity contribution >= 4 is 17.3 Å². The van der Waals surface area contributed by atoms with Gasteiger partial charge in [-0.3, -0.25) is 9.28 Å². The van der Waals surface area contributed by atoms with Gasteiger partial charge in [0.05, 0.1) is 13.1 Å². The van der Waals surface area contributed by atoms with Crippen molar-refractivity contribution < 1.29 is 13.6 Å². The van der Waals surface area contributed by atoms with E-state index >= 15 is 0 Å². The molecule has 1 atom stereocenters. The molecule has 1 spiro atoms. The molecule has 2 fully saturated rings. The standard InChI is InChI=1S/C20H29F2N4O/c21-15-13-16(22)20-17(14-15)24-18(26(20)11-3-1-2-4-12-26)5-6-19(27)25-9-7-23-8-10-25/h13-14,18,23-24H,1-12H2/q+1. The number of anilines is 1. The summed E-state index contributed by atoms with van der Waals surface area (Å²) in [7, 11) is 0. The summed E-state index contributed by atoms with van der Waals surface area (Å²) in [5, 5.41) is 6.63. The first kappa shape index (κ1) is 18.6. The van der Waals surface area contributed by atoms with Crippen molar-refractivity contribution in [3.8, 4) is 0 Å². The van der Waals surface area contributed by atoms with E-state index in [2.05, 4.69) is 10.6 Å². The van der Waals surface area contributed by atoms with Crippen LogP contribution in [0.5, 0.6) is 0 Å². The van der Waals surface area contributed by atoms with E-state index in [4.69, 9.17) is 0 Å². The predicted molar refractivity (Wildman–Crippen MR) is 102 cm³/mol. The van der Waals surface area contributed by atoms with Crippen molar-refractivity contribution in [3.05, 3.63) is 23.8 Å². The van der Waals surface area contributed by atoms with Crippen LogP contribution in [0.4, 0.5) is 20.2 Å². The molecule has 148 valence electrons. The molecule has 0 aromatic heterocycles. The number of benzene rings is 1. The van der Waals surface area contributed by atoms with E-state index in [1.165, 1.54) is 6.07 Å². The zero-order chi connectivity index (χ0) is 18.9. The lowest BCUT2D eigenvalue weighted by molar-refractivity contribution is -0.132. The lowest BCUT2D eigenvalue weighted by atomic mass is 10.1. The van der Waals surface area contributed by atoms with Crippen molar-refractivity contribution in [2.24, 2.45) is 0 Å². The molecule has 5 nitrogen and oxygen atoms in total. The molecule has 0 saturated carbocycles. The van der Waals surface area contributed by atoms with E-state index < -0.39 is 11.6 Å². The summed E-state index contributed by atoms with van der Waals surface area (Å²) in [4.78, 5) is 14.5. The Morgan fingerprint density at radius 2 is 1.81 bits per heavy atom. The molecule has 0 aliphatic carbocycles. The maximum atomic E-state index is 14.8. The zero-order valence-electron chi connectivity index (χ0n) is 15.8. The van der Waals surface area contributed by atoms with E-state index in [-0.39, 0.29) is 12.1 Å². The summed E-state index contributed by atoms with van der Waals surface area (Å²) in [5.41, 5.74) is 1.16. The summed E-state index contributed by atoms with van der Waals surface area (Å²) < 4.78 is 29.1. The van der Waals surface area contributed by atoms with Crippen molar-refractivity contribution in [2.45, 2.75) is 44.7 Å². The van der Waals surface area contributed by atoms with Gasteiger partial charge in [0.1, 0.15) is 11.5 Å². The highest BCUT2D eigenvalue weighted by Crippen LogP contribution is 2.46. The average Bonchev–Trinajstić information content (AvgIpc) is 2.80. The number of halogens is 2. The van der Waals surface area contributed by atoms with E-state index in [1.807, 2.05) is 4.90 Å². The summed E-state index contributed by atoms with van der Waals surface area (Å²) in [6.45, 7) is 4.85. The third-order valence-electron chi connectivity index (χ3n) is 6.36. The fourth-order valence-corrected chi connectivity index (χ4v) is 5.03. The van der Waals surface area contributed by atoms with Crippen molar-refractivity contribution in [1.29, 1.82) is 0 Å². The molecule has 4 rings (SSSR count). The molecule has 1 amide bonds. The van der Waals surface area contributed by atoms with Gasteiger partial charge in [0, 0.05) is 51.2 Å². The van der Waals surface area contributed by atoms with Crippen LogP contribution in [0.25, 0.3) is 0 Å². The van der Waals surface area contributed by atoms with Crippen LogP contribution in [-0.2, 0) is 4.79 Å². The van der Waals surface area contributed by atoms with Crippen LogP contribution in [0.3, 0.4) is 0 Å². The molecule has 27 heavy (non-hydrogen) atoms. The highest BCUT2D eigenvalue weighted by molar-refractivity contribution is 5.77. The van der Waals surface area contributed by atoms with Crippen LogP contribution in [0.2, 0.25) is 0 Å². The van der Waals surface area contributed by atoms with E-state index in [0.29, 0.717) is 28.7 Å². The Balaban J connectivity index is 1.56. The van der Waals surface area contributed by atoms with Crippen molar-refractivity contribution in [3.63, 3.8) is 0 Å². The average molecular weight is 379 g/mol. The van der Waals surface area contributed by atoms with Gasteiger partial charge >= 0.3 is 0 Å². The number of nitrogens with one attached hydrogen (secondary N) is 2. The van der Waals surface area contributed by atoms with Gasteiger partial charge in [-0.2, -0.15) is 0 Å². The van der Waals surface area contributed by atoms with Gasteiger partial charge in [0.25, 0.3) is 0 Å². The topological polar surface area (TPSA) is 44.4 Å². The SMILES string of the molecule is O=C(CCC1Nc2cc(F)cc(F)c2[N+]12CCCCCC2)N1CCNCC1. The lowest BCUT2D eigenvalue weighted by Crippen LogP contribution is -2.57. The summed E-state index contributed by atoms with van der Waals surface area (Å²) >= 11 is 0. The second-order valence-electron chi connectivity index (χ2n) is 8.01. The molecule has 2 N–H and O–H groups in total. The molecular formula is C20H29F2N4O+. The molecule has 2 saturated heterocycles. The van der Waals surface area contributed by atoms with E-state index in [0.717, 1.165) is 71.0 Å². The van der Waals surface area contributed by atoms with Crippen molar-refractivity contribution in [1.82, 2.24) is 14.7 Å². The molecule has 0 radical (unpaired) electrons. The molecule has 1 aromatic rings. The van der Waals surface area contributed by atoms with E-state index in [9.17, 15) is 13.6 Å². The first-order chi connectivity index (χ1) is 13.1. The van der Waals surface area contributed by atoms with Crippen molar-refractivity contribution in [2.75, 3.05) is 44.6 Å². The first-order valence-corrected chi connectivity index (χ1v) is 10.2. The van der Waals surface area contributed by atoms with Gasteiger partial charge < -0.3 is 15.5 Å². The summed E-state index contributed by atoms with van der Waals surface area (Å²) in [6, 6.07) is 2.40. The number of hydrogen-bond acceptors (Lipinski definition) is 3. The second-order valence-corrected chi connectivity index (χ2v) is 8.01. The van der Waals surface area contributed by atoms with E-state index in [1.54, 1.807) is 0 Å². The summed E-state index contributed by atoms with van der Waals surface area (Å²) in [5.74, 6) is -0.853. The Labute approximate surface area is 159 Å². The number of nitrogens with zero attached hydrogens (tertiary/aromatic N) is 2. The Hall–Kier alpha value is -1.73. The Bertz CT molecular complexity index is 697. The maximum Gasteiger partial charge on any atom is 0.222 e. The number of amides is 1. The van der Waals surface area contributed by atoms with Crippen LogP contribution in [-0.4, -0.2) is 56.2 Å². The molecule has 1 aromatic carbocycles. The van der Waals surface area contributed by atoms with Gasteiger partial charge in [-0.25, -0.2) is 8.78 Å². The summed E-state index contributed by atoms with van der Waals surface area (Å²) in [6.07, 6.45) is 5.35. The van der Waals surface area contributed by atoms with Crippen LogP contribution in [0.15, 0.2) is 12.1 Å². The number of piperazine rings is 1. The highest BCUT2D eigenvalue weighted by atomic mass is 19.1. The van der Waals surface area contributed by atoms with Crippen LogP contribution in [0.1, 0.15) is 38.5 Å². The first-order valence-electron chi connectivity index (χ1n) is 10.2. The van der Waals surface area contributed by atoms with Gasteiger partial charge in [0.15, 0.2) is 17.7 Å². The molecular weight excluding hydrogens is 350 g/mol. The quantitative estimate of drug-likeness (QED) is 0.794. The number of rotatable bonds is 3. The molecule has 1 unspecified atom stereocenters. The molecule has 3 aliphatic rings. The van der Waals surface area contributed by atoms with Gasteiger partial charge in [-0.15, -0.1) is 0 Å². The number of fused-ring (bicyclic) bond motifs is 2. The van der Waals surface area contributed by atoms with Crippen LogP contribution < -0.4 is 15.1 Å². The number of hydrogen-bond donors (Lipinski definition) is 2. The van der Waals surface area contributed by atoms with Crippen LogP contribution >= 0.6 is 0 Å². The smallest absolute Gasteiger partial charge is 0.222 e. The Morgan fingerprint density at radius 1 is 1.11 bits per heavy atom. The largest absolute Gasteiger partial charge is 0.340 e. The monoisotopic (exact) mass is 379 g/mol. The fourth-order valence-electron chi connectivity index (χ4n) is 5.03. The minimum Gasteiger partial charge on any atom is -0.340 e. The second kappa shape index (κ2) is 7.72. The Kier molecular flexibility index (Phi) is 5.32. The normalized spacial score (nSPS) is 24.4. The highest BCUT2D eigenvalue weighted by Gasteiger charge is 2.49. The van der Waals surface area contributed by atoms with Crippen LogP contribution in [0, 0.1) is 11.6 Å². The molecule has 3 heterocycles. The number of carbonyl (C=O) groups excluding carboxylic acids is 1. The lowest BCUT2D eigenvalue weighted by Gasteiger charge is -2.39. The zero-order valence-corrected chi connectivity index (χ0v) is 15.8. The minimum absolute atomic E-state index is 0.0683. The van der Waals surface area contributed by atoms with Gasteiger partial charge in [-0.05, 0) is 25.7 Å². The Morgan fingerprint density at radius 3 is 2.52 bits per heavy atom. The van der Waals surface area contributed by atoms with Gasteiger partial charge in [-0.1, -0.05) is 0 Å². The minimum atomic E-state index is -0.552. The third kappa shape index (κ3) is 3.55. The third-order valence-corrected chi connectivity index (χ3v) is 6.36. The number of carbonyl (C=O) groups is 1. The fraction of sp³-hybridized carbons (Fsp3) is 0.650. The molecule has 7 heteroatoms. The predicted octanol–water partition coefficient (Wildman–Crippen LogP) is 2.81. The molecule has 0 bridgehead atoms.